The van der Waals surface area contributed by atoms with E-state index >= 15 is 0 Å². The van der Waals surface area contributed by atoms with Gasteiger partial charge in [-0.3, -0.25) is 4.79 Å². The van der Waals surface area contributed by atoms with E-state index in [1.54, 1.807) is 0 Å². The molecule has 40 heavy (non-hydrogen) atoms. The van der Waals surface area contributed by atoms with Crippen molar-refractivity contribution in [1.82, 2.24) is 4.72 Å². The minimum Gasteiger partial charge on any atom is -0.469 e. The van der Waals surface area contributed by atoms with E-state index in [4.69, 9.17) is 4.74 Å². The molecular formula is C32H36FNO5S. The number of hydrogen-bond donors (Lipinski definition) is 1. The standard InChI is InChI=1S/C32H36FNO5S/c1-38-32(35)12-8-3-2-7-11-29-30(34-40(36,37)28-19-17-27(33)18-20-28)21-22-31(29)39-23-24-13-15-26(16-14-24)25-9-5-4-6-10-25/h2,4-7,9-10,13-20,29-31,34H,3,8,11-12,21-23H2,1H3/t29-,30+,31+/m1/s1. The number of hydrogen-bond acceptors (Lipinski definition) is 5. The molecule has 6 nitrogen and oxygen atoms in total. The molecule has 0 aliphatic heterocycles. The number of methoxy groups -OCH3 is 1. The van der Waals surface area contributed by atoms with Gasteiger partial charge in [-0.15, -0.1) is 0 Å². The molecule has 1 aliphatic rings. The number of esters is 1. The first-order valence-corrected chi connectivity index (χ1v) is 15.1. The van der Waals surface area contributed by atoms with Gasteiger partial charge in [-0.05, 0) is 73.1 Å². The van der Waals surface area contributed by atoms with E-state index in [9.17, 15) is 17.6 Å². The first-order valence-electron chi connectivity index (χ1n) is 13.6. The third-order valence-electron chi connectivity index (χ3n) is 7.27. The van der Waals surface area contributed by atoms with Crippen LogP contribution >= 0.6 is 0 Å². The first kappa shape index (κ1) is 29.6. The molecule has 3 aromatic rings. The first-order chi connectivity index (χ1) is 19.4. The average Bonchev–Trinajstić information content (AvgIpc) is 3.34. The number of nitrogens with one attached hydrogen (secondary N) is 1. The Balaban J connectivity index is 1.40. The van der Waals surface area contributed by atoms with Crippen LogP contribution in [0.3, 0.4) is 0 Å². The molecule has 0 unspecified atom stereocenters. The fraction of sp³-hybridized carbons (Fsp3) is 0.344. The van der Waals surface area contributed by atoms with Gasteiger partial charge in [0.1, 0.15) is 5.82 Å². The SMILES string of the molecule is COC(=O)CCCC=CC[C@@H]1[C@@H](NS(=O)(=O)c2ccc(F)cc2)CC[C@@H]1OCc1ccc(-c2ccccc2)cc1. The van der Waals surface area contributed by atoms with E-state index in [0.717, 1.165) is 41.7 Å². The van der Waals surface area contributed by atoms with Crippen LogP contribution in [0.2, 0.25) is 0 Å². The van der Waals surface area contributed by atoms with Crippen molar-refractivity contribution in [3.05, 3.63) is 102 Å². The topological polar surface area (TPSA) is 81.7 Å². The molecule has 0 amide bonds. The van der Waals surface area contributed by atoms with Crippen LogP contribution in [0.4, 0.5) is 4.39 Å². The molecule has 0 heterocycles. The fourth-order valence-electron chi connectivity index (χ4n) is 5.05. The highest BCUT2D eigenvalue weighted by molar-refractivity contribution is 7.89. The molecule has 4 rings (SSSR count). The molecular weight excluding hydrogens is 529 g/mol. The predicted molar refractivity (Wildman–Crippen MR) is 153 cm³/mol. The zero-order valence-electron chi connectivity index (χ0n) is 22.7. The van der Waals surface area contributed by atoms with Crippen molar-refractivity contribution in [3.8, 4) is 11.1 Å². The number of rotatable bonds is 13. The van der Waals surface area contributed by atoms with Crippen molar-refractivity contribution in [2.45, 2.75) is 62.2 Å². The van der Waals surface area contributed by atoms with Crippen molar-refractivity contribution in [1.29, 1.82) is 0 Å². The Kier molecular flexibility index (Phi) is 10.6. The van der Waals surface area contributed by atoms with Crippen LogP contribution in [0.25, 0.3) is 11.1 Å². The molecule has 1 aliphatic carbocycles. The lowest BCUT2D eigenvalue weighted by molar-refractivity contribution is -0.140. The summed E-state index contributed by atoms with van der Waals surface area (Å²) in [5, 5.41) is 0. The fourth-order valence-corrected chi connectivity index (χ4v) is 6.37. The number of allylic oxidation sites excluding steroid dienone is 2. The molecule has 212 valence electrons. The second-order valence-corrected chi connectivity index (χ2v) is 11.7. The van der Waals surface area contributed by atoms with Crippen LogP contribution in [0.5, 0.6) is 0 Å². The molecule has 3 aromatic carbocycles. The van der Waals surface area contributed by atoms with Crippen LogP contribution in [-0.4, -0.2) is 33.6 Å². The summed E-state index contributed by atoms with van der Waals surface area (Å²) in [4.78, 5) is 11.4. The highest BCUT2D eigenvalue weighted by Gasteiger charge is 2.38. The Bertz CT molecular complexity index is 1360. The maximum Gasteiger partial charge on any atom is 0.305 e. The number of ether oxygens (including phenoxy) is 2. The van der Waals surface area contributed by atoms with Crippen molar-refractivity contribution in [3.63, 3.8) is 0 Å². The summed E-state index contributed by atoms with van der Waals surface area (Å²) in [6.07, 6.45) is 7.70. The Morgan fingerprint density at radius 3 is 2.35 bits per heavy atom. The van der Waals surface area contributed by atoms with Crippen molar-refractivity contribution in [2.24, 2.45) is 5.92 Å². The number of sulfonamides is 1. The summed E-state index contributed by atoms with van der Waals surface area (Å²) in [7, 11) is -2.44. The Hall–Kier alpha value is -3.33. The van der Waals surface area contributed by atoms with Crippen LogP contribution in [0.1, 0.15) is 44.1 Å². The second-order valence-electron chi connectivity index (χ2n) is 10.0. The summed E-state index contributed by atoms with van der Waals surface area (Å²) in [5.41, 5.74) is 3.34. The predicted octanol–water partition coefficient (Wildman–Crippen LogP) is 6.42. The van der Waals surface area contributed by atoms with Crippen LogP contribution < -0.4 is 4.72 Å². The average molecular weight is 566 g/mol. The molecule has 8 heteroatoms. The zero-order chi connectivity index (χ0) is 28.4. The minimum absolute atomic E-state index is 0.0360. The smallest absolute Gasteiger partial charge is 0.305 e. The van der Waals surface area contributed by atoms with Gasteiger partial charge in [0, 0.05) is 18.4 Å². The molecule has 3 atom stereocenters. The third kappa shape index (κ3) is 8.34. The van der Waals surface area contributed by atoms with Crippen LogP contribution in [0, 0.1) is 11.7 Å². The van der Waals surface area contributed by atoms with Gasteiger partial charge in [-0.1, -0.05) is 66.7 Å². The van der Waals surface area contributed by atoms with Crippen LogP contribution in [-0.2, 0) is 30.9 Å². The molecule has 0 aromatic heterocycles. The van der Waals surface area contributed by atoms with E-state index in [0.29, 0.717) is 32.3 Å². The number of halogens is 1. The number of carbonyl (C=O) groups excluding carboxylic acids is 1. The highest BCUT2D eigenvalue weighted by atomic mass is 32.2. The Morgan fingerprint density at radius 1 is 0.950 bits per heavy atom. The number of carbonyl (C=O) groups is 1. The van der Waals surface area contributed by atoms with E-state index in [2.05, 4.69) is 45.9 Å². The molecule has 0 radical (unpaired) electrons. The van der Waals surface area contributed by atoms with Crippen molar-refractivity contribution < 1.29 is 27.1 Å². The number of unbranched alkanes of at least 4 members (excludes halogenated alkanes) is 1. The van der Waals surface area contributed by atoms with E-state index in [1.165, 1.54) is 19.2 Å². The lowest BCUT2D eigenvalue weighted by atomic mass is 9.97. The summed E-state index contributed by atoms with van der Waals surface area (Å²) < 4.78 is 53.3. The van der Waals surface area contributed by atoms with Gasteiger partial charge in [0.05, 0.1) is 24.7 Å². The zero-order valence-corrected chi connectivity index (χ0v) is 23.5. The summed E-state index contributed by atoms with van der Waals surface area (Å²) in [5.74, 6) is -0.791. The van der Waals surface area contributed by atoms with Gasteiger partial charge < -0.3 is 9.47 Å². The largest absolute Gasteiger partial charge is 0.469 e. The van der Waals surface area contributed by atoms with E-state index in [-0.39, 0.29) is 28.9 Å². The number of benzene rings is 3. The lowest BCUT2D eigenvalue weighted by Crippen LogP contribution is -2.39. The van der Waals surface area contributed by atoms with Crippen molar-refractivity contribution in [2.75, 3.05) is 7.11 Å². The highest BCUT2D eigenvalue weighted by Crippen LogP contribution is 2.34. The molecule has 1 N–H and O–H groups in total. The van der Waals surface area contributed by atoms with Crippen molar-refractivity contribution >= 4 is 16.0 Å². The van der Waals surface area contributed by atoms with E-state index < -0.39 is 15.8 Å². The normalized spacial score (nSPS) is 19.2. The van der Waals surface area contributed by atoms with Gasteiger partial charge in [-0.25, -0.2) is 17.5 Å². The second kappa shape index (κ2) is 14.3. The Labute approximate surface area is 236 Å². The molecule has 0 spiro atoms. The molecule has 0 bridgehead atoms. The van der Waals surface area contributed by atoms with Gasteiger partial charge in [0.25, 0.3) is 0 Å². The van der Waals surface area contributed by atoms with Gasteiger partial charge in [-0.2, -0.15) is 0 Å². The molecule has 0 saturated heterocycles. The van der Waals surface area contributed by atoms with Crippen LogP contribution in [0.15, 0.2) is 95.9 Å². The summed E-state index contributed by atoms with van der Waals surface area (Å²) in [6.45, 7) is 0.427. The summed E-state index contributed by atoms with van der Waals surface area (Å²) >= 11 is 0. The monoisotopic (exact) mass is 565 g/mol. The Morgan fingerprint density at radius 2 is 1.65 bits per heavy atom. The quantitative estimate of drug-likeness (QED) is 0.147. The van der Waals surface area contributed by atoms with Gasteiger partial charge >= 0.3 is 5.97 Å². The van der Waals surface area contributed by atoms with Gasteiger partial charge in [0.2, 0.25) is 10.0 Å². The molecule has 1 fully saturated rings. The third-order valence-corrected chi connectivity index (χ3v) is 8.77. The maximum atomic E-state index is 13.4. The van der Waals surface area contributed by atoms with Gasteiger partial charge in [0.15, 0.2) is 0 Å². The molecule has 1 saturated carbocycles. The lowest BCUT2D eigenvalue weighted by Gasteiger charge is -2.25. The van der Waals surface area contributed by atoms with E-state index in [1.807, 2.05) is 30.4 Å². The maximum absolute atomic E-state index is 13.4. The summed E-state index contributed by atoms with van der Waals surface area (Å²) in [6, 6.07) is 23.0. The minimum atomic E-state index is -3.81.